The number of alkyl halides is 13. The van der Waals surface area contributed by atoms with E-state index >= 15 is 0 Å². The topological polar surface area (TPSA) is 120 Å². The number of carbonyl (C=O) groups is 3. The van der Waals surface area contributed by atoms with Crippen LogP contribution in [0.3, 0.4) is 0 Å². The van der Waals surface area contributed by atoms with Gasteiger partial charge in [-0.3, -0.25) is 4.79 Å². The third-order valence-electron chi connectivity index (χ3n) is 9.79. The van der Waals surface area contributed by atoms with Crippen LogP contribution in [0.2, 0.25) is 0 Å². The Morgan fingerprint density at radius 1 is 0.493 bits per heavy atom. The van der Waals surface area contributed by atoms with Gasteiger partial charge in [0.15, 0.2) is 5.78 Å². The molecule has 3 aromatic rings. The van der Waals surface area contributed by atoms with Gasteiger partial charge in [0.05, 0.1) is 26.4 Å². The number of unbranched alkanes of at least 4 members (excludes halogenated alkanes) is 6. The monoisotopic (exact) mass is 1030 g/mol. The standard InChI is InChI=1S/C31H27F13O4.C19H26O3.H2O/c1-19(2)25(46)48-18-6-4-3-5-17-47-23-14-7-20(8-15-23)9-16-24(45)21-10-12-22(13-11-21)26(32,33)27(34,35)28(36,37)29(38,39)30(40,41)31(42,43)44;1-4-9-17-10-12-18(13-11-17)21-14-7-5-6-8-15-22-19(20)16(2)3;/h7-16H,1,3-6,17-18H2,2H3;4,9-13H,2,5-8,14-15H2,1,3H3;1H2/b16-9+;9-4+;. The van der Waals surface area contributed by atoms with E-state index in [0.717, 1.165) is 50.4 Å². The Bertz CT molecular complexity index is 2220. The molecule has 0 fully saturated rings. The lowest BCUT2D eigenvalue weighted by Crippen LogP contribution is -2.69. The predicted molar refractivity (Wildman–Crippen MR) is 240 cm³/mol. The Morgan fingerprint density at radius 3 is 1.23 bits per heavy atom. The number of allylic oxidation sites excluding steroid dienone is 2. The van der Waals surface area contributed by atoms with Crippen molar-refractivity contribution in [2.75, 3.05) is 26.4 Å². The highest BCUT2D eigenvalue weighted by Gasteiger charge is 2.90. The van der Waals surface area contributed by atoms with Crippen molar-refractivity contribution in [2.45, 2.75) is 108 Å². The molecule has 3 aromatic carbocycles. The molecule has 8 nitrogen and oxygen atoms in total. The first-order valence-corrected chi connectivity index (χ1v) is 21.6. The van der Waals surface area contributed by atoms with Gasteiger partial charge in [0.1, 0.15) is 11.5 Å². The summed E-state index contributed by atoms with van der Waals surface area (Å²) in [5.74, 6) is -37.9. The van der Waals surface area contributed by atoms with Gasteiger partial charge in [-0.25, -0.2) is 9.59 Å². The summed E-state index contributed by atoms with van der Waals surface area (Å²) < 4.78 is 196. The number of ether oxygens (including phenoxy) is 4. The number of esters is 2. The molecule has 0 aliphatic heterocycles. The minimum absolute atomic E-state index is 0. The van der Waals surface area contributed by atoms with Gasteiger partial charge in [-0.15, -0.1) is 0 Å². The molecule has 0 bridgehead atoms. The molecule has 0 aromatic heterocycles. The smallest absolute Gasteiger partial charge is 0.460 e. The van der Waals surface area contributed by atoms with E-state index in [0.29, 0.717) is 67.3 Å². The van der Waals surface area contributed by atoms with Gasteiger partial charge in [-0.2, -0.15) is 57.1 Å². The van der Waals surface area contributed by atoms with Gasteiger partial charge in [-0.1, -0.05) is 79.9 Å². The van der Waals surface area contributed by atoms with Crippen molar-refractivity contribution in [2.24, 2.45) is 0 Å². The summed E-state index contributed by atoms with van der Waals surface area (Å²) in [6.07, 6.45) is 5.70. The second-order valence-electron chi connectivity index (χ2n) is 15.6. The molecule has 21 heteroatoms. The van der Waals surface area contributed by atoms with Crippen LogP contribution < -0.4 is 9.47 Å². The SMILES string of the molecule is C=C(C)C(=O)OCCCCCCOc1ccc(/C=C/C(=O)c2ccc(C(F)(F)C(F)(F)C(F)(F)C(F)(F)C(F)(F)C(F)(F)F)cc2)cc1.C=C(C)C(=O)OCCCCCCOc1ccc(/C=C/C)cc1.O. The number of ketones is 1. The minimum atomic E-state index is -8.00. The molecule has 0 heterocycles. The van der Waals surface area contributed by atoms with Gasteiger partial charge in [0.2, 0.25) is 0 Å². The molecule has 3 rings (SSSR count). The maximum absolute atomic E-state index is 14.4. The first-order valence-electron chi connectivity index (χ1n) is 21.6. The molecule has 0 unspecified atom stereocenters. The fourth-order valence-corrected chi connectivity index (χ4v) is 5.68. The van der Waals surface area contributed by atoms with E-state index in [1.807, 2.05) is 37.3 Å². The lowest BCUT2D eigenvalue weighted by Gasteiger charge is -2.39. The van der Waals surface area contributed by atoms with Crippen molar-refractivity contribution >= 4 is 29.9 Å². The van der Waals surface area contributed by atoms with Crippen LogP contribution in [0.25, 0.3) is 12.2 Å². The Hall–Kier alpha value is -6.12. The van der Waals surface area contributed by atoms with Gasteiger partial charge in [-0.05, 0) is 114 Å². The van der Waals surface area contributed by atoms with Crippen molar-refractivity contribution in [3.8, 4) is 11.5 Å². The number of halogens is 13. The van der Waals surface area contributed by atoms with Crippen LogP contribution >= 0.6 is 0 Å². The van der Waals surface area contributed by atoms with Crippen molar-refractivity contribution in [3.05, 3.63) is 132 Å². The normalized spacial score (nSPS) is 12.4. The van der Waals surface area contributed by atoms with E-state index in [4.69, 9.17) is 18.9 Å². The van der Waals surface area contributed by atoms with Gasteiger partial charge in [0, 0.05) is 22.3 Å². The van der Waals surface area contributed by atoms with Gasteiger partial charge in [0.25, 0.3) is 0 Å². The van der Waals surface area contributed by atoms with Crippen molar-refractivity contribution < 1.29 is 95.9 Å². The second kappa shape index (κ2) is 28.1. The van der Waals surface area contributed by atoms with Crippen LogP contribution in [0.4, 0.5) is 57.1 Å². The largest absolute Gasteiger partial charge is 0.494 e. The van der Waals surface area contributed by atoms with Crippen LogP contribution in [0.15, 0.2) is 109 Å². The summed E-state index contributed by atoms with van der Waals surface area (Å²) in [6.45, 7) is 14.1. The highest BCUT2D eigenvalue weighted by molar-refractivity contribution is 6.06. The lowest BCUT2D eigenvalue weighted by molar-refractivity contribution is -0.441. The molecule has 0 spiro atoms. The van der Waals surface area contributed by atoms with Crippen molar-refractivity contribution in [1.82, 2.24) is 0 Å². The molecule has 0 aliphatic carbocycles. The second-order valence-corrected chi connectivity index (χ2v) is 15.6. The quantitative estimate of drug-likeness (QED) is 0.0245. The van der Waals surface area contributed by atoms with Gasteiger partial charge < -0.3 is 24.4 Å². The molecule has 0 amide bonds. The number of hydrogen-bond acceptors (Lipinski definition) is 7. The molecule has 0 saturated heterocycles. The van der Waals surface area contributed by atoms with Crippen LogP contribution in [0, 0.1) is 0 Å². The van der Waals surface area contributed by atoms with E-state index in [1.165, 1.54) is 23.8 Å². The Kier molecular flexibility index (Phi) is 24.9. The number of hydrogen-bond donors (Lipinski definition) is 0. The number of rotatable bonds is 27. The third kappa shape index (κ3) is 17.9. The minimum Gasteiger partial charge on any atom is -0.494 e. The molecule has 71 heavy (non-hydrogen) atoms. The molecule has 394 valence electrons. The predicted octanol–water partition coefficient (Wildman–Crippen LogP) is 13.8. The van der Waals surface area contributed by atoms with E-state index in [1.54, 1.807) is 26.0 Å². The van der Waals surface area contributed by atoms with Crippen LogP contribution in [-0.4, -0.2) is 79.5 Å². The highest BCUT2D eigenvalue weighted by atomic mass is 19.4. The third-order valence-corrected chi connectivity index (χ3v) is 9.79. The van der Waals surface area contributed by atoms with Crippen molar-refractivity contribution in [3.63, 3.8) is 0 Å². The molecular weight excluding hydrogens is 976 g/mol. The highest BCUT2D eigenvalue weighted by Crippen LogP contribution is 2.62. The maximum Gasteiger partial charge on any atom is 0.460 e. The van der Waals surface area contributed by atoms with E-state index in [-0.39, 0.29) is 30.2 Å². The molecular formula is C50H55F13O8. The van der Waals surface area contributed by atoms with E-state index < -0.39 is 58.7 Å². The van der Waals surface area contributed by atoms with Crippen molar-refractivity contribution in [1.29, 1.82) is 0 Å². The van der Waals surface area contributed by atoms with E-state index in [9.17, 15) is 71.5 Å². The average Bonchev–Trinajstić information content (AvgIpc) is 3.30. The van der Waals surface area contributed by atoms with E-state index in [2.05, 4.69) is 19.2 Å². The number of carbonyl (C=O) groups excluding carboxylic acids is 3. The number of benzene rings is 3. The summed E-state index contributed by atoms with van der Waals surface area (Å²) in [5, 5.41) is 0. The molecule has 0 atom stereocenters. The van der Waals surface area contributed by atoms with Crippen LogP contribution in [0.1, 0.15) is 99.2 Å². The molecule has 0 aliphatic rings. The zero-order chi connectivity index (χ0) is 53.0. The van der Waals surface area contributed by atoms with Gasteiger partial charge >= 0.3 is 47.7 Å². The zero-order valence-corrected chi connectivity index (χ0v) is 38.9. The van der Waals surface area contributed by atoms with Crippen LogP contribution in [-0.2, 0) is 25.0 Å². The summed E-state index contributed by atoms with van der Waals surface area (Å²) in [5.41, 5.74) is -0.303. The average molecular weight is 1030 g/mol. The molecule has 0 saturated carbocycles. The first kappa shape index (κ1) is 62.9. The summed E-state index contributed by atoms with van der Waals surface area (Å²) in [4.78, 5) is 34.8. The molecule has 0 radical (unpaired) electrons. The Labute approximate surface area is 402 Å². The zero-order valence-electron chi connectivity index (χ0n) is 38.9. The fraction of sp³-hybridized carbons (Fsp3) is 0.420. The maximum atomic E-state index is 14.4. The first-order chi connectivity index (χ1) is 32.5. The summed E-state index contributed by atoms with van der Waals surface area (Å²) in [7, 11) is 0. The summed E-state index contributed by atoms with van der Waals surface area (Å²) >= 11 is 0. The summed E-state index contributed by atoms with van der Waals surface area (Å²) in [6, 6.07) is 14.9. The molecule has 2 N–H and O–H groups in total. The fourth-order valence-electron chi connectivity index (χ4n) is 5.68. The Balaban J connectivity index is 0.000000916. The lowest BCUT2D eigenvalue weighted by atomic mass is 9.90. The van der Waals surface area contributed by atoms with Crippen LogP contribution in [0.5, 0.6) is 11.5 Å². The Morgan fingerprint density at radius 2 is 0.859 bits per heavy atom.